The number of esters is 1. The summed E-state index contributed by atoms with van der Waals surface area (Å²) in [4.78, 5) is 12.7. The Morgan fingerprint density at radius 1 is 1.03 bits per heavy atom. The smallest absolute Gasteiger partial charge is 0.313 e. The molecular weight excluding hydrogens is 472 g/mol. The molecule has 0 radical (unpaired) electrons. The van der Waals surface area contributed by atoms with Crippen LogP contribution in [0.5, 0.6) is 5.75 Å². The number of ether oxygens (including phenoxy) is 2. The molecule has 0 bridgehead atoms. The summed E-state index contributed by atoms with van der Waals surface area (Å²) in [6, 6.07) is 13.0. The fourth-order valence-electron chi connectivity index (χ4n) is 5.14. The normalized spacial score (nSPS) is 16.1. The number of benzene rings is 2. The van der Waals surface area contributed by atoms with Crippen molar-refractivity contribution in [2.24, 2.45) is 16.9 Å². The van der Waals surface area contributed by atoms with Gasteiger partial charge >= 0.3 is 5.97 Å². The standard InChI is InChI=1S/C33H48N2O3/c1-23-12-10-15-30(25(23)3)28-14-11-13-26-21-29(17-16-27(26)20-28)37-18-8-7-9-19-38-31(36)32(4,5)33(6,35)22-24(2)34/h10,12,15-17,20-21,24H,7-9,11,13-14,18-19,22,34-35H2,1-6H3. The molecule has 0 saturated heterocycles. The predicted molar refractivity (Wildman–Crippen MR) is 158 cm³/mol. The van der Waals surface area contributed by atoms with Crippen molar-refractivity contribution >= 4 is 17.6 Å². The number of allylic oxidation sites excluding steroid dienone is 1. The number of hydrogen-bond donors (Lipinski definition) is 2. The van der Waals surface area contributed by atoms with E-state index >= 15 is 0 Å². The van der Waals surface area contributed by atoms with Gasteiger partial charge in [0.1, 0.15) is 5.75 Å². The number of hydrogen-bond acceptors (Lipinski definition) is 5. The van der Waals surface area contributed by atoms with Gasteiger partial charge in [-0.05, 0) is 132 Å². The molecule has 0 heterocycles. The predicted octanol–water partition coefficient (Wildman–Crippen LogP) is 6.75. The van der Waals surface area contributed by atoms with Crippen LogP contribution < -0.4 is 16.2 Å². The average Bonchev–Trinajstić information content (AvgIpc) is 3.06. The second-order valence-electron chi connectivity index (χ2n) is 11.9. The van der Waals surface area contributed by atoms with E-state index < -0.39 is 11.0 Å². The lowest BCUT2D eigenvalue weighted by Crippen LogP contribution is -2.56. The van der Waals surface area contributed by atoms with E-state index in [1.807, 2.05) is 27.7 Å². The van der Waals surface area contributed by atoms with E-state index in [1.54, 1.807) is 0 Å². The van der Waals surface area contributed by atoms with Gasteiger partial charge in [-0.3, -0.25) is 4.79 Å². The van der Waals surface area contributed by atoms with Crippen molar-refractivity contribution in [1.29, 1.82) is 0 Å². The van der Waals surface area contributed by atoms with Crippen molar-refractivity contribution in [2.45, 2.75) is 98.1 Å². The van der Waals surface area contributed by atoms with Crippen LogP contribution >= 0.6 is 0 Å². The van der Waals surface area contributed by atoms with Crippen molar-refractivity contribution in [1.82, 2.24) is 0 Å². The minimum absolute atomic E-state index is 0.0755. The van der Waals surface area contributed by atoms with Crippen molar-refractivity contribution in [3.05, 3.63) is 64.2 Å². The van der Waals surface area contributed by atoms with Crippen LogP contribution in [0.25, 0.3) is 11.6 Å². The van der Waals surface area contributed by atoms with Gasteiger partial charge in [0.15, 0.2) is 0 Å². The van der Waals surface area contributed by atoms with Gasteiger partial charge in [-0.15, -0.1) is 0 Å². The Morgan fingerprint density at radius 3 is 2.50 bits per heavy atom. The molecule has 1 aliphatic carbocycles. The van der Waals surface area contributed by atoms with Gasteiger partial charge in [-0.25, -0.2) is 0 Å². The molecule has 3 rings (SSSR count). The van der Waals surface area contributed by atoms with Crippen LogP contribution in [-0.2, 0) is 16.0 Å². The first-order valence-corrected chi connectivity index (χ1v) is 14.2. The van der Waals surface area contributed by atoms with Crippen LogP contribution in [0, 0.1) is 19.3 Å². The zero-order valence-corrected chi connectivity index (χ0v) is 24.4. The minimum atomic E-state index is -0.802. The first-order valence-electron chi connectivity index (χ1n) is 14.2. The molecule has 38 heavy (non-hydrogen) atoms. The van der Waals surface area contributed by atoms with Crippen molar-refractivity contribution in [3.8, 4) is 5.75 Å². The fourth-order valence-corrected chi connectivity index (χ4v) is 5.14. The molecule has 1 aliphatic rings. The van der Waals surface area contributed by atoms with Crippen molar-refractivity contribution < 1.29 is 14.3 Å². The summed E-state index contributed by atoms with van der Waals surface area (Å²) in [5.74, 6) is 0.663. The lowest BCUT2D eigenvalue weighted by atomic mass is 9.71. The van der Waals surface area contributed by atoms with E-state index in [-0.39, 0.29) is 12.0 Å². The maximum Gasteiger partial charge on any atom is 0.313 e. The third-order valence-electron chi connectivity index (χ3n) is 8.26. The summed E-state index contributed by atoms with van der Waals surface area (Å²) >= 11 is 0. The lowest BCUT2D eigenvalue weighted by Gasteiger charge is -2.40. The summed E-state index contributed by atoms with van der Waals surface area (Å²) in [6.45, 7) is 12.9. The molecule has 2 atom stereocenters. The minimum Gasteiger partial charge on any atom is -0.494 e. The molecule has 5 heteroatoms. The number of carbonyl (C=O) groups is 1. The van der Waals surface area contributed by atoms with Gasteiger partial charge in [0.05, 0.1) is 18.6 Å². The van der Waals surface area contributed by atoms with Gasteiger partial charge in [0.2, 0.25) is 0 Å². The van der Waals surface area contributed by atoms with Gasteiger partial charge in [0.25, 0.3) is 0 Å². The average molecular weight is 521 g/mol. The maximum absolute atomic E-state index is 12.7. The number of nitrogens with two attached hydrogens (primary N) is 2. The third kappa shape index (κ3) is 7.48. The van der Waals surface area contributed by atoms with Gasteiger partial charge in [-0.1, -0.05) is 30.3 Å². The molecule has 0 aromatic heterocycles. The highest BCUT2D eigenvalue weighted by molar-refractivity contribution is 5.84. The Kier molecular flexibility index (Phi) is 10.2. The third-order valence-corrected chi connectivity index (χ3v) is 8.26. The number of unbranched alkanes of at least 4 members (excludes halogenated alkanes) is 2. The molecule has 2 aromatic rings. The van der Waals surface area contributed by atoms with Crippen molar-refractivity contribution in [3.63, 3.8) is 0 Å². The van der Waals surface area contributed by atoms with E-state index in [0.29, 0.717) is 19.6 Å². The Morgan fingerprint density at radius 2 is 1.76 bits per heavy atom. The van der Waals surface area contributed by atoms with Crippen LogP contribution in [0.3, 0.4) is 0 Å². The van der Waals surface area contributed by atoms with E-state index in [4.69, 9.17) is 20.9 Å². The van der Waals surface area contributed by atoms with E-state index in [1.165, 1.54) is 33.4 Å². The molecule has 0 fully saturated rings. The number of carbonyl (C=O) groups excluding carboxylic acids is 1. The van der Waals surface area contributed by atoms with E-state index in [9.17, 15) is 4.79 Å². The van der Waals surface area contributed by atoms with Crippen LogP contribution in [0.15, 0.2) is 36.4 Å². The Labute approximate surface area is 230 Å². The highest BCUT2D eigenvalue weighted by Gasteiger charge is 2.45. The van der Waals surface area contributed by atoms with Gasteiger partial charge in [-0.2, -0.15) is 0 Å². The fraction of sp³-hybridized carbons (Fsp3) is 0.545. The topological polar surface area (TPSA) is 87.6 Å². The molecule has 0 aliphatic heterocycles. The molecule has 4 N–H and O–H groups in total. The summed E-state index contributed by atoms with van der Waals surface area (Å²) < 4.78 is 11.6. The monoisotopic (exact) mass is 520 g/mol. The molecule has 208 valence electrons. The zero-order valence-electron chi connectivity index (χ0n) is 24.4. The van der Waals surface area contributed by atoms with Crippen LogP contribution in [-0.4, -0.2) is 30.8 Å². The summed E-state index contributed by atoms with van der Waals surface area (Å²) in [5.41, 5.74) is 19.0. The summed E-state index contributed by atoms with van der Waals surface area (Å²) in [5, 5.41) is 0. The van der Waals surface area contributed by atoms with Crippen LogP contribution in [0.2, 0.25) is 0 Å². The van der Waals surface area contributed by atoms with Crippen LogP contribution in [0.4, 0.5) is 0 Å². The van der Waals surface area contributed by atoms with Crippen molar-refractivity contribution in [2.75, 3.05) is 13.2 Å². The molecule has 2 unspecified atom stereocenters. The van der Waals surface area contributed by atoms with E-state index in [2.05, 4.69) is 56.3 Å². The first-order chi connectivity index (χ1) is 17.9. The zero-order chi connectivity index (χ0) is 27.9. The molecule has 0 saturated carbocycles. The van der Waals surface area contributed by atoms with Gasteiger partial charge in [0, 0.05) is 11.6 Å². The Hall–Kier alpha value is -2.63. The number of rotatable bonds is 12. The SMILES string of the molecule is Cc1cccc(C2=Cc3ccc(OCCCCCOC(=O)C(C)(C)C(C)(N)CC(C)N)cc3CCC2)c1C. The van der Waals surface area contributed by atoms with E-state index in [0.717, 1.165) is 44.3 Å². The molecule has 2 aromatic carbocycles. The largest absolute Gasteiger partial charge is 0.494 e. The summed E-state index contributed by atoms with van der Waals surface area (Å²) in [6.07, 6.45) is 8.85. The summed E-state index contributed by atoms with van der Waals surface area (Å²) in [7, 11) is 0. The quantitative estimate of drug-likeness (QED) is 0.239. The highest BCUT2D eigenvalue weighted by Crippen LogP contribution is 2.34. The second-order valence-corrected chi connectivity index (χ2v) is 11.9. The number of fused-ring (bicyclic) bond motifs is 1. The molecule has 5 nitrogen and oxygen atoms in total. The molecular formula is C33H48N2O3. The molecule has 0 amide bonds. The van der Waals surface area contributed by atoms with Crippen LogP contribution in [0.1, 0.15) is 94.0 Å². The lowest BCUT2D eigenvalue weighted by molar-refractivity contribution is -0.158. The Bertz CT molecular complexity index is 1130. The highest BCUT2D eigenvalue weighted by atomic mass is 16.5. The first kappa shape index (κ1) is 29.9. The molecule has 0 spiro atoms. The number of aryl methyl sites for hydroxylation is 2. The maximum atomic E-state index is 12.7. The van der Waals surface area contributed by atoms with Gasteiger partial charge < -0.3 is 20.9 Å². The second kappa shape index (κ2) is 12.9. The Balaban J connectivity index is 1.45.